The molecule has 0 saturated heterocycles. The van der Waals surface area contributed by atoms with Gasteiger partial charge in [0.05, 0.1) is 5.92 Å². The minimum absolute atomic E-state index is 0.0478. The van der Waals surface area contributed by atoms with Crippen LogP contribution in [0.2, 0.25) is 0 Å². The molecule has 0 atom stereocenters. The van der Waals surface area contributed by atoms with Crippen molar-refractivity contribution in [2.75, 3.05) is 6.54 Å². The molecule has 0 spiro atoms. The van der Waals surface area contributed by atoms with Gasteiger partial charge in [-0.15, -0.1) is 0 Å². The zero-order valence-electron chi connectivity index (χ0n) is 13.2. The van der Waals surface area contributed by atoms with Crippen LogP contribution in [0.25, 0.3) is 6.08 Å². The summed E-state index contributed by atoms with van der Waals surface area (Å²) >= 11 is 0. The number of rotatable bonds is 7. The lowest BCUT2D eigenvalue weighted by atomic mass is 10.1. The molecule has 1 N–H and O–H groups in total. The zero-order valence-corrected chi connectivity index (χ0v) is 13.2. The summed E-state index contributed by atoms with van der Waals surface area (Å²) in [4.78, 5) is 23.4. The normalized spacial score (nSPS) is 14.0. The summed E-state index contributed by atoms with van der Waals surface area (Å²) in [5.41, 5.74) is 0.766. The number of hydrogen-bond acceptors (Lipinski definition) is 4. The van der Waals surface area contributed by atoms with Crippen molar-refractivity contribution < 1.29 is 14.3 Å². The van der Waals surface area contributed by atoms with Gasteiger partial charge in [-0.2, -0.15) is 5.26 Å². The van der Waals surface area contributed by atoms with Crippen molar-refractivity contribution in [3.05, 3.63) is 35.4 Å². The Kier molecular flexibility index (Phi) is 5.93. The molecule has 0 heterocycles. The maximum atomic E-state index is 11.9. The predicted octanol–water partition coefficient (Wildman–Crippen LogP) is 2.83. The molecule has 0 bridgehead atoms. The Bertz CT molecular complexity index is 637. The van der Waals surface area contributed by atoms with Crippen LogP contribution in [0.3, 0.4) is 0 Å². The highest BCUT2D eigenvalue weighted by atomic mass is 16.5. The van der Waals surface area contributed by atoms with E-state index in [4.69, 9.17) is 10.00 Å². The smallest absolute Gasteiger partial charge is 0.314 e. The molecule has 1 fully saturated rings. The van der Waals surface area contributed by atoms with Crippen LogP contribution in [0.4, 0.5) is 0 Å². The quantitative estimate of drug-likeness (QED) is 0.276. The van der Waals surface area contributed by atoms with Gasteiger partial charge in [0.25, 0.3) is 5.91 Å². The summed E-state index contributed by atoms with van der Waals surface area (Å²) in [5, 5.41) is 11.8. The van der Waals surface area contributed by atoms with E-state index in [9.17, 15) is 9.59 Å². The Morgan fingerprint density at radius 1 is 1.35 bits per heavy atom. The van der Waals surface area contributed by atoms with Crippen molar-refractivity contribution in [1.29, 1.82) is 5.26 Å². The van der Waals surface area contributed by atoms with Gasteiger partial charge in [-0.05, 0) is 43.0 Å². The van der Waals surface area contributed by atoms with Crippen molar-refractivity contribution in [2.45, 2.75) is 32.6 Å². The molecule has 5 heteroatoms. The van der Waals surface area contributed by atoms with Gasteiger partial charge < -0.3 is 10.1 Å². The van der Waals surface area contributed by atoms with Crippen molar-refractivity contribution in [1.82, 2.24) is 5.32 Å². The molecule has 1 aliphatic carbocycles. The molecule has 1 saturated carbocycles. The Hall–Kier alpha value is -2.61. The van der Waals surface area contributed by atoms with Gasteiger partial charge in [-0.3, -0.25) is 9.59 Å². The minimum atomic E-state index is -0.370. The van der Waals surface area contributed by atoms with Gasteiger partial charge in [0, 0.05) is 6.54 Å². The fourth-order valence-corrected chi connectivity index (χ4v) is 1.94. The summed E-state index contributed by atoms with van der Waals surface area (Å²) in [7, 11) is 0. The molecule has 1 aromatic rings. The number of nitrogens with one attached hydrogen (secondary N) is 1. The van der Waals surface area contributed by atoms with Crippen molar-refractivity contribution in [3.63, 3.8) is 0 Å². The highest BCUT2D eigenvalue weighted by Crippen LogP contribution is 2.30. The second kappa shape index (κ2) is 8.14. The maximum absolute atomic E-state index is 11.9. The summed E-state index contributed by atoms with van der Waals surface area (Å²) in [6, 6.07) is 8.67. The number of carbonyl (C=O) groups excluding carboxylic acids is 2. The van der Waals surface area contributed by atoms with Gasteiger partial charge in [0.15, 0.2) is 0 Å². The number of carbonyl (C=O) groups is 2. The van der Waals surface area contributed by atoms with E-state index >= 15 is 0 Å². The first-order chi connectivity index (χ1) is 11.1. The van der Waals surface area contributed by atoms with Crippen LogP contribution < -0.4 is 10.1 Å². The summed E-state index contributed by atoms with van der Waals surface area (Å²) in [5.74, 6) is -0.0389. The lowest BCUT2D eigenvalue weighted by molar-refractivity contribution is -0.135. The van der Waals surface area contributed by atoms with E-state index in [1.54, 1.807) is 24.3 Å². The Morgan fingerprint density at radius 3 is 2.61 bits per heavy atom. The third-order valence-electron chi connectivity index (χ3n) is 3.50. The van der Waals surface area contributed by atoms with Crippen LogP contribution in [0, 0.1) is 17.2 Å². The molecule has 0 unspecified atom stereocenters. The molecule has 1 amide bonds. The highest BCUT2D eigenvalue weighted by molar-refractivity contribution is 6.01. The Labute approximate surface area is 135 Å². The summed E-state index contributed by atoms with van der Waals surface area (Å²) < 4.78 is 5.23. The molecule has 5 nitrogen and oxygen atoms in total. The molecule has 2 rings (SSSR count). The van der Waals surface area contributed by atoms with Crippen LogP contribution >= 0.6 is 0 Å². The number of benzene rings is 1. The van der Waals surface area contributed by atoms with E-state index in [1.807, 2.05) is 13.0 Å². The molecular formula is C18H20N2O3. The number of nitriles is 1. The number of hydrogen-bond donors (Lipinski definition) is 1. The molecule has 120 valence electrons. The van der Waals surface area contributed by atoms with E-state index < -0.39 is 0 Å². The lowest BCUT2D eigenvalue weighted by Gasteiger charge is -2.04. The SMILES string of the molecule is CCCCNC(=O)/C(C#N)=C/c1ccc(OC(=O)C2CC2)cc1. The third kappa shape index (κ3) is 5.26. The molecule has 0 aliphatic heterocycles. The fourth-order valence-electron chi connectivity index (χ4n) is 1.94. The average Bonchev–Trinajstić information content (AvgIpc) is 3.39. The van der Waals surface area contributed by atoms with Gasteiger partial charge >= 0.3 is 5.97 Å². The number of esters is 1. The van der Waals surface area contributed by atoms with E-state index in [1.165, 1.54) is 6.08 Å². The molecular weight excluding hydrogens is 292 g/mol. The van der Waals surface area contributed by atoms with E-state index in [-0.39, 0.29) is 23.4 Å². The number of unbranched alkanes of at least 4 members (excludes halogenated alkanes) is 1. The molecule has 0 radical (unpaired) electrons. The molecule has 1 aromatic carbocycles. The van der Waals surface area contributed by atoms with Crippen LogP contribution in [0.5, 0.6) is 5.75 Å². The second-order valence-corrected chi connectivity index (χ2v) is 5.54. The molecule has 0 aromatic heterocycles. The van der Waals surface area contributed by atoms with E-state index in [2.05, 4.69) is 5.32 Å². The van der Waals surface area contributed by atoms with Crippen LogP contribution in [0.15, 0.2) is 29.8 Å². The molecule has 1 aliphatic rings. The van der Waals surface area contributed by atoms with Gasteiger partial charge in [0.2, 0.25) is 0 Å². The number of amides is 1. The first-order valence-electron chi connectivity index (χ1n) is 7.85. The number of ether oxygens (including phenoxy) is 1. The highest BCUT2D eigenvalue weighted by Gasteiger charge is 2.31. The monoisotopic (exact) mass is 312 g/mol. The topological polar surface area (TPSA) is 79.2 Å². The van der Waals surface area contributed by atoms with Gasteiger partial charge in [-0.1, -0.05) is 25.5 Å². The number of nitrogens with zero attached hydrogens (tertiary/aromatic N) is 1. The lowest BCUT2D eigenvalue weighted by Crippen LogP contribution is -2.25. The van der Waals surface area contributed by atoms with Crippen molar-refractivity contribution in [3.8, 4) is 11.8 Å². The van der Waals surface area contributed by atoms with Gasteiger partial charge in [0.1, 0.15) is 17.4 Å². The van der Waals surface area contributed by atoms with Crippen LogP contribution in [-0.4, -0.2) is 18.4 Å². The Morgan fingerprint density at radius 2 is 2.04 bits per heavy atom. The maximum Gasteiger partial charge on any atom is 0.314 e. The third-order valence-corrected chi connectivity index (χ3v) is 3.50. The molecule has 23 heavy (non-hydrogen) atoms. The fraction of sp³-hybridized carbons (Fsp3) is 0.389. The minimum Gasteiger partial charge on any atom is -0.426 e. The first kappa shape index (κ1) is 16.8. The summed E-state index contributed by atoms with van der Waals surface area (Å²) in [6.45, 7) is 2.59. The van der Waals surface area contributed by atoms with Crippen molar-refractivity contribution in [2.24, 2.45) is 5.92 Å². The average molecular weight is 312 g/mol. The van der Waals surface area contributed by atoms with Gasteiger partial charge in [-0.25, -0.2) is 0 Å². The second-order valence-electron chi connectivity index (χ2n) is 5.54. The first-order valence-corrected chi connectivity index (χ1v) is 7.85. The van der Waals surface area contributed by atoms with E-state index in [0.29, 0.717) is 17.9 Å². The predicted molar refractivity (Wildman–Crippen MR) is 86.3 cm³/mol. The van der Waals surface area contributed by atoms with E-state index in [0.717, 1.165) is 25.7 Å². The Balaban J connectivity index is 1.97. The van der Waals surface area contributed by atoms with Crippen LogP contribution in [-0.2, 0) is 9.59 Å². The zero-order chi connectivity index (χ0) is 16.7. The standard InChI is InChI=1S/C18H20N2O3/c1-2-3-10-20-17(21)15(12-19)11-13-4-8-16(9-5-13)23-18(22)14-6-7-14/h4-5,8-9,11,14H,2-3,6-7,10H2,1H3,(H,20,21)/b15-11+. The van der Waals surface area contributed by atoms with Crippen molar-refractivity contribution >= 4 is 18.0 Å². The van der Waals surface area contributed by atoms with Crippen LogP contribution in [0.1, 0.15) is 38.2 Å². The largest absolute Gasteiger partial charge is 0.426 e. The summed E-state index contributed by atoms with van der Waals surface area (Å²) in [6.07, 6.45) is 5.18.